The van der Waals surface area contributed by atoms with Crippen LogP contribution in [0.1, 0.15) is 48.8 Å². The third kappa shape index (κ3) is 3.75. The molecule has 0 N–H and O–H groups in total. The lowest BCUT2D eigenvalue weighted by Gasteiger charge is -2.14. The monoisotopic (exact) mass is 328 g/mol. The van der Waals surface area contributed by atoms with Crippen molar-refractivity contribution in [3.8, 4) is 11.5 Å². The fraction of sp³-hybridized carbons (Fsp3) is 0.350. The molecule has 1 saturated carbocycles. The summed E-state index contributed by atoms with van der Waals surface area (Å²) in [6.07, 6.45) is 2.54. The van der Waals surface area contributed by atoms with Gasteiger partial charge in [0, 0.05) is 18.1 Å². The smallest absolute Gasteiger partial charge is 0.310 e. The lowest BCUT2D eigenvalue weighted by atomic mass is 10.1. The molecule has 0 radical (unpaired) electrons. The van der Waals surface area contributed by atoms with Crippen LogP contribution in [0, 0.1) is 12.7 Å². The van der Waals surface area contributed by atoms with Gasteiger partial charge in [0.05, 0.1) is 0 Å². The maximum absolute atomic E-state index is 13.9. The van der Waals surface area contributed by atoms with Crippen molar-refractivity contribution in [2.75, 3.05) is 0 Å². The average molecular weight is 328 g/mol. The summed E-state index contributed by atoms with van der Waals surface area (Å²) >= 11 is 0. The highest BCUT2D eigenvalue weighted by Gasteiger charge is 2.28. The maximum atomic E-state index is 13.9. The van der Waals surface area contributed by atoms with Gasteiger partial charge in [-0.05, 0) is 48.9 Å². The molecule has 0 heterocycles. The number of para-hydroxylation sites is 1. The van der Waals surface area contributed by atoms with Gasteiger partial charge in [0.25, 0.3) is 0 Å². The Kier molecular flexibility index (Phi) is 4.84. The van der Waals surface area contributed by atoms with Crippen LogP contribution in [0.5, 0.6) is 11.5 Å². The topological polar surface area (TPSA) is 35.5 Å². The summed E-state index contributed by atoms with van der Waals surface area (Å²) in [7, 11) is 0. The quantitative estimate of drug-likeness (QED) is 0.558. The lowest BCUT2D eigenvalue weighted by Crippen LogP contribution is -2.08. The second kappa shape index (κ2) is 7.04. The summed E-state index contributed by atoms with van der Waals surface area (Å²) in [4.78, 5) is 11.5. The van der Waals surface area contributed by atoms with E-state index in [1.54, 1.807) is 19.9 Å². The van der Waals surface area contributed by atoms with Crippen LogP contribution in [-0.4, -0.2) is 5.97 Å². The van der Waals surface area contributed by atoms with Crippen LogP contribution in [0.25, 0.3) is 0 Å². The van der Waals surface area contributed by atoms with E-state index in [-0.39, 0.29) is 18.4 Å². The molecule has 1 fully saturated rings. The molecule has 126 valence electrons. The van der Waals surface area contributed by atoms with Gasteiger partial charge in [0.2, 0.25) is 0 Å². The highest BCUT2D eigenvalue weighted by Crippen LogP contribution is 2.45. The molecule has 24 heavy (non-hydrogen) atoms. The highest BCUT2D eigenvalue weighted by atomic mass is 19.1. The Labute approximate surface area is 141 Å². The Balaban J connectivity index is 1.79. The van der Waals surface area contributed by atoms with Crippen molar-refractivity contribution in [1.29, 1.82) is 0 Å². The van der Waals surface area contributed by atoms with E-state index in [0.29, 0.717) is 29.4 Å². The summed E-state index contributed by atoms with van der Waals surface area (Å²) in [5.41, 5.74) is 2.47. The highest BCUT2D eigenvalue weighted by molar-refractivity contribution is 5.72. The van der Waals surface area contributed by atoms with E-state index in [1.165, 1.54) is 6.07 Å². The zero-order valence-electron chi connectivity index (χ0n) is 14.0. The van der Waals surface area contributed by atoms with Crippen molar-refractivity contribution < 1.29 is 18.7 Å². The molecule has 3 rings (SSSR count). The Morgan fingerprint density at radius 2 is 1.96 bits per heavy atom. The summed E-state index contributed by atoms with van der Waals surface area (Å²) in [6, 6.07) is 10.6. The summed E-state index contributed by atoms with van der Waals surface area (Å²) in [5.74, 6) is 0.984. The molecule has 0 bridgehead atoms. The predicted molar refractivity (Wildman–Crippen MR) is 89.8 cm³/mol. The average Bonchev–Trinajstić information content (AvgIpc) is 3.41. The van der Waals surface area contributed by atoms with Crippen LogP contribution in [-0.2, 0) is 11.4 Å². The largest absolute Gasteiger partial charge is 0.488 e. The Bertz CT molecular complexity index is 751. The standard InChI is InChI=1S/C20H21FO3/c1-3-20(22)24-18-7-5-4-6-15(18)12-23-19-11-17(21)13(2)10-16(19)14-8-9-14/h4-7,10-11,14H,3,8-9,12H2,1-2H3. The van der Waals surface area contributed by atoms with Gasteiger partial charge in [-0.2, -0.15) is 0 Å². The number of halogens is 1. The van der Waals surface area contributed by atoms with E-state index in [2.05, 4.69) is 0 Å². The first-order chi connectivity index (χ1) is 11.6. The third-order valence-corrected chi connectivity index (χ3v) is 4.18. The molecule has 0 amide bonds. The normalized spacial score (nSPS) is 13.6. The van der Waals surface area contributed by atoms with Crippen molar-refractivity contribution in [2.24, 2.45) is 0 Å². The molecule has 0 aliphatic heterocycles. The molecule has 3 nitrogen and oxygen atoms in total. The lowest BCUT2D eigenvalue weighted by molar-refractivity contribution is -0.134. The summed E-state index contributed by atoms with van der Waals surface area (Å²) < 4.78 is 25.1. The summed E-state index contributed by atoms with van der Waals surface area (Å²) in [5, 5.41) is 0. The van der Waals surface area contributed by atoms with Crippen molar-refractivity contribution in [3.05, 3.63) is 58.9 Å². The number of esters is 1. The van der Waals surface area contributed by atoms with E-state index in [1.807, 2.05) is 24.3 Å². The molecule has 0 atom stereocenters. The van der Waals surface area contributed by atoms with Crippen LogP contribution < -0.4 is 9.47 Å². The van der Waals surface area contributed by atoms with Crippen LogP contribution in [0.2, 0.25) is 0 Å². The SMILES string of the molecule is CCC(=O)Oc1ccccc1COc1cc(F)c(C)cc1C1CC1. The third-order valence-electron chi connectivity index (χ3n) is 4.18. The van der Waals surface area contributed by atoms with Crippen molar-refractivity contribution >= 4 is 5.97 Å². The number of aryl methyl sites for hydroxylation is 1. The first-order valence-electron chi connectivity index (χ1n) is 8.30. The van der Waals surface area contributed by atoms with Gasteiger partial charge in [-0.1, -0.05) is 25.1 Å². The molecule has 4 heteroatoms. The molecular weight excluding hydrogens is 307 g/mol. The second-order valence-corrected chi connectivity index (χ2v) is 6.14. The maximum Gasteiger partial charge on any atom is 0.310 e. The first kappa shape index (κ1) is 16.5. The van der Waals surface area contributed by atoms with E-state index < -0.39 is 0 Å². The Morgan fingerprint density at radius 3 is 2.67 bits per heavy atom. The molecule has 0 aromatic heterocycles. The van der Waals surface area contributed by atoms with Crippen LogP contribution >= 0.6 is 0 Å². The number of carbonyl (C=O) groups is 1. The minimum Gasteiger partial charge on any atom is -0.488 e. The molecule has 1 aliphatic carbocycles. The Hall–Kier alpha value is -2.36. The minimum absolute atomic E-state index is 0.232. The minimum atomic E-state index is -0.289. The summed E-state index contributed by atoms with van der Waals surface area (Å²) in [6.45, 7) is 3.75. The zero-order chi connectivity index (χ0) is 17.1. The fourth-order valence-corrected chi connectivity index (χ4v) is 2.60. The number of benzene rings is 2. The predicted octanol–water partition coefficient (Wildman–Crippen LogP) is 4.91. The number of carbonyl (C=O) groups excluding carboxylic acids is 1. The van der Waals surface area contributed by atoms with Gasteiger partial charge in [-0.25, -0.2) is 4.39 Å². The molecule has 0 saturated heterocycles. The van der Waals surface area contributed by atoms with Crippen LogP contribution in [0.3, 0.4) is 0 Å². The van der Waals surface area contributed by atoms with Gasteiger partial charge < -0.3 is 9.47 Å². The van der Waals surface area contributed by atoms with Crippen molar-refractivity contribution in [2.45, 2.75) is 45.6 Å². The van der Waals surface area contributed by atoms with E-state index >= 15 is 0 Å². The van der Waals surface area contributed by atoms with E-state index in [9.17, 15) is 9.18 Å². The molecule has 1 aliphatic rings. The fourth-order valence-electron chi connectivity index (χ4n) is 2.60. The van der Waals surface area contributed by atoms with Gasteiger partial charge in [-0.3, -0.25) is 4.79 Å². The van der Waals surface area contributed by atoms with Gasteiger partial charge in [0.15, 0.2) is 0 Å². The second-order valence-electron chi connectivity index (χ2n) is 6.14. The number of rotatable bonds is 6. The number of hydrogen-bond acceptors (Lipinski definition) is 3. The van der Waals surface area contributed by atoms with Gasteiger partial charge >= 0.3 is 5.97 Å². The first-order valence-corrected chi connectivity index (χ1v) is 8.30. The van der Waals surface area contributed by atoms with Crippen molar-refractivity contribution in [3.63, 3.8) is 0 Å². The zero-order valence-corrected chi connectivity index (χ0v) is 14.0. The molecule has 2 aromatic carbocycles. The Morgan fingerprint density at radius 1 is 1.21 bits per heavy atom. The molecule has 0 spiro atoms. The van der Waals surface area contributed by atoms with Crippen LogP contribution in [0.4, 0.5) is 4.39 Å². The van der Waals surface area contributed by atoms with Gasteiger partial charge in [-0.15, -0.1) is 0 Å². The van der Waals surface area contributed by atoms with Gasteiger partial charge in [0.1, 0.15) is 23.9 Å². The van der Waals surface area contributed by atoms with Crippen molar-refractivity contribution in [1.82, 2.24) is 0 Å². The number of hydrogen-bond donors (Lipinski definition) is 0. The molecular formula is C20H21FO3. The van der Waals surface area contributed by atoms with E-state index in [4.69, 9.17) is 9.47 Å². The van der Waals surface area contributed by atoms with E-state index in [0.717, 1.165) is 24.0 Å². The molecule has 2 aromatic rings. The molecule has 0 unspecified atom stereocenters. The number of ether oxygens (including phenoxy) is 2. The van der Waals surface area contributed by atoms with Crippen LogP contribution in [0.15, 0.2) is 36.4 Å².